The van der Waals surface area contributed by atoms with E-state index in [4.69, 9.17) is 23.2 Å². The van der Waals surface area contributed by atoms with Gasteiger partial charge in [-0.2, -0.15) is 0 Å². The molecule has 1 unspecified atom stereocenters. The van der Waals surface area contributed by atoms with E-state index in [1.807, 2.05) is 6.92 Å². The van der Waals surface area contributed by atoms with Gasteiger partial charge in [0.15, 0.2) is 0 Å². The molecule has 2 nitrogen and oxygen atoms in total. The van der Waals surface area contributed by atoms with Crippen molar-refractivity contribution in [2.75, 3.05) is 6.54 Å². The molecule has 0 saturated carbocycles. The highest BCUT2D eigenvalue weighted by Gasteiger charge is 2.14. The van der Waals surface area contributed by atoms with Crippen LogP contribution in [0.1, 0.15) is 32.4 Å². The Morgan fingerprint density at radius 3 is 2.44 bits per heavy atom. The zero-order valence-corrected chi connectivity index (χ0v) is 11.2. The third kappa shape index (κ3) is 3.55. The number of hydrogen-bond donors (Lipinski definition) is 2. The average molecular weight is 262 g/mol. The first kappa shape index (κ1) is 13.6. The van der Waals surface area contributed by atoms with E-state index in [-0.39, 0.29) is 11.8 Å². The molecule has 1 rings (SSSR count). The van der Waals surface area contributed by atoms with E-state index in [0.717, 1.165) is 12.1 Å². The van der Waals surface area contributed by atoms with Crippen LogP contribution < -0.4 is 5.32 Å². The zero-order chi connectivity index (χ0) is 12.3. The van der Waals surface area contributed by atoms with E-state index in [1.54, 1.807) is 6.07 Å². The van der Waals surface area contributed by atoms with Crippen molar-refractivity contribution < 1.29 is 5.11 Å². The standard InChI is InChI=1S/C12H17Cl2NO/c1-7(2)6-15-8(3)10-4-9(13)5-11(14)12(10)16/h4-5,7-8,15-16H,6H2,1-3H3. The molecule has 0 aromatic heterocycles. The first-order valence-corrected chi connectivity index (χ1v) is 6.08. The molecule has 0 aliphatic heterocycles. The molecule has 1 aromatic rings. The van der Waals surface area contributed by atoms with Gasteiger partial charge in [-0.15, -0.1) is 0 Å². The fourth-order valence-corrected chi connectivity index (χ4v) is 1.95. The lowest BCUT2D eigenvalue weighted by atomic mass is 10.1. The summed E-state index contributed by atoms with van der Waals surface area (Å²) in [6.07, 6.45) is 0. The highest BCUT2D eigenvalue weighted by molar-refractivity contribution is 6.35. The predicted octanol–water partition coefficient (Wildman–Crippen LogP) is 4.01. The Labute approximate surface area is 107 Å². The quantitative estimate of drug-likeness (QED) is 0.859. The Hall–Kier alpha value is -0.440. The lowest BCUT2D eigenvalue weighted by Gasteiger charge is -2.18. The van der Waals surface area contributed by atoms with Crippen molar-refractivity contribution in [1.29, 1.82) is 0 Å². The van der Waals surface area contributed by atoms with Gasteiger partial charge in [0.25, 0.3) is 0 Å². The van der Waals surface area contributed by atoms with Gasteiger partial charge in [0.05, 0.1) is 5.02 Å². The van der Waals surface area contributed by atoms with Crippen molar-refractivity contribution in [1.82, 2.24) is 5.32 Å². The van der Waals surface area contributed by atoms with Gasteiger partial charge in [0.1, 0.15) is 5.75 Å². The lowest BCUT2D eigenvalue weighted by Crippen LogP contribution is -2.23. The second-order valence-electron chi connectivity index (χ2n) is 4.35. The zero-order valence-electron chi connectivity index (χ0n) is 9.72. The second kappa shape index (κ2) is 5.76. The summed E-state index contributed by atoms with van der Waals surface area (Å²) in [5.74, 6) is 0.661. The molecule has 90 valence electrons. The summed E-state index contributed by atoms with van der Waals surface area (Å²) < 4.78 is 0. The van der Waals surface area contributed by atoms with Gasteiger partial charge in [0, 0.05) is 16.6 Å². The maximum absolute atomic E-state index is 9.83. The largest absolute Gasteiger partial charge is 0.506 e. The van der Waals surface area contributed by atoms with E-state index in [1.165, 1.54) is 6.07 Å². The molecule has 0 heterocycles. The van der Waals surface area contributed by atoms with Gasteiger partial charge in [-0.3, -0.25) is 0 Å². The second-order valence-corrected chi connectivity index (χ2v) is 5.19. The van der Waals surface area contributed by atoms with Crippen LogP contribution in [0.5, 0.6) is 5.75 Å². The van der Waals surface area contributed by atoms with Gasteiger partial charge in [-0.25, -0.2) is 0 Å². The Balaban J connectivity index is 2.86. The monoisotopic (exact) mass is 261 g/mol. The summed E-state index contributed by atoms with van der Waals surface area (Å²) in [4.78, 5) is 0. The van der Waals surface area contributed by atoms with Crippen molar-refractivity contribution in [3.05, 3.63) is 27.7 Å². The van der Waals surface area contributed by atoms with Crippen LogP contribution in [-0.2, 0) is 0 Å². The maximum atomic E-state index is 9.83. The van der Waals surface area contributed by atoms with Crippen molar-refractivity contribution in [3.63, 3.8) is 0 Å². The molecular weight excluding hydrogens is 245 g/mol. The van der Waals surface area contributed by atoms with Crippen LogP contribution in [0.4, 0.5) is 0 Å². The molecule has 1 atom stereocenters. The minimum Gasteiger partial charge on any atom is -0.506 e. The van der Waals surface area contributed by atoms with Crippen LogP contribution in [0.25, 0.3) is 0 Å². The van der Waals surface area contributed by atoms with E-state index in [2.05, 4.69) is 19.2 Å². The smallest absolute Gasteiger partial charge is 0.139 e. The lowest BCUT2D eigenvalue weighted by molar-refractivity contribution is 0.442. The van der Waals surface area contributed by atoms with E-state index in [0.29, 0.717) is 16.0 Å². The molecule has 1 aromatic carbocycles. The molecule has 16 heavy (non-hydrogen) atoms. The Morgan fingerprint density at radius 1 is 1.25 bits per heavy atom. The fraction of sp³-hybridized carbons (Fsp3) is 0.500. The molecule has 4 heteroatoms. The number of phenolic OH excluding ortho intramolecular Hbond substituents is 1. The predicted molar refractivity (Wildman–Crippen MR) is 69.4 cm³/mol. The Morgan fingerprint density at radius 2 is 1.88 bits per heavy atom. The summed E-state index contributed by atoms with van der Waals surface area (Å²) in [6, 6.07) is 3.30. The van der Waals surface area contributed by atoms with Crippen LogP contribution in [0, 0.1) is 5.92 Å². The number of rotatable bonds is 4. The van der Waals surface area contributed by atoms with Crippen molar-refractivity contribution >= 4 is 23.2 Å². The van der Waals surface area contributed by atoms with Crippen LogP contribution in [0.3, 0.4) is 0 Å². The van der Waals surface area contributed by atoms with Gasteiger partial charge in [0.2, 0.25) is 0 Å². The third-order valence-corrected chi connectivity index (χ3v) is 2.86. The molecule has 0 fully saturated rings. The first-order chi connectivity index (χ1) is 7.41. The minimum absolute atomic E-state index is 0.0265. The van der Waals surface area contributed by atoms with Gasteiger partial charge in [-0.05, 0) is 31.5 Å². The fourth-order valence-electron chi connectivity index (χ4n) is 1.44. The number of aromatic hydroxyl groups is 1. The normalized spacial score (nSPS) is 13.1. The summed E-state index contributed by atoms with van der Waals surface area (Å²) >= 11 is 11.8. The molecule has 0 aliphatic rings. The molecule has 0 saturated heterocycles. The Kier molecular flexibility index (Phi) is 4.90. The average Bonchev–Trinajstić information content (AvgIpc) is 2.19. The highest BCUT2D eigenvalue weighted by Crippen LogP contribution is 2.34. The SMILES string of the molecule is CC(C)CNC(C)c1cc(Cl)cc(Cl)c1O. The Bertz CT molecular complexity index is 366. The number of hydrogen-bond acceptors (Lipinski definition) is 2. The highest BCUT2D eigenvalue weighted by atomic mass is 35.5. The molecule has 0 aliphatic carbocycles. The summed E-state index contributed by atoms with van der Waals surface area (Å²) in [6.45, 7) is 7.11. The van der Waals surface area contributed by atoms with E-state index >= 15 is 0 Å². The van der Waals surface area contributed by atoms with Crippen LogP contribution in [-0.4, -0.2) is 11.7 Å². The number of benzene rings is 1. The van der Waals surface area contributed by atoms with E-state index < -0.39 is 0 Å². The topological polar surface area (TPSA) is 32.3 Å². The third-order valence-electron chi connectivity index (χ3n) is 2.36. The number of halogens is 2. The first-order valence-electron chi connectivity index (χ1n) is 5.33. The summed E-state index contributed by atoms with van der Waals surface area (Å²) in [5, 5.41) is 14.0. The molecule has 2 N–H and O–H groups in total. The molecule has 0 amide bonds. The van der Waals surface area contributed by atoms with E-state index in [9.17, 15) is 5.11 Å². The summed E-state index contributed by atoms with van der Waals surface area (Å²) in [5.41, 5.74) is 0.734. The van der Waals surface area contributed by atoms with Gasteiger partial charge < -0.3 is 10.4 Å². The minimum atomic E-state index is 0.0265. The van der Waals surface area contributed by atoms with Crippen LogP contribution in [0.2, 0.25) is 10.0 Å². The van der Waals surface area contributed by atoms with Crippen LogP contribution >= 0.6 is 23.2 Å². The van der Waals surface area contributed by atoms with Gasteiger partial charge in [-0.1, -0.05) is 37.0 Å². The van der Waals surface area contributed by atoms with Crippen LogP contribution in [0.15, 0.2) is 12.1 Å². The molecule has 0 radical (unpaired) electrons. The maximum Gasteiger partial charge on any atom is 0.139 e. The summed E-state index contributed by atoms with van der Waals surface area (Å²) in [7, 11) is 0. The number of nitrogens with one attached hydrogen (secondary N) is 1. The van der Waals surface area contributed by atoms with Crippen molar-refractivity contribution in [3.8, 4) is 5.75 Å². The number of phenols is 1. The molecule has 0 spiro atoms. The molecular formula is C12H17Cl2NO. The van der Waals surface area contributed by atoms with Crippen molar-refractivity contribution in [2.24, 2.45) is 5.92 Å². The van der Waals surface area contributed by atoms with Crippen molar-refractivity contribution in [2.45, 2.75) is 26.8 Å². The van der Waals surface area contributed by atoms with Gasteiger partial charge >= 0.3 is 0 Å². The molecule has 0 bridgehead atoms.